The fraction of sp³-hybridized carbons (Fsp3) is 0.588. The molecule has 2 aromatic heterocycles. The number of hydrogen-bond acceptors (Lipinski definition) is 6. The highest BCUT2D eigenvalue weighted by Gasteiger charge is 2.28. The number of piperazine rings is 1. The molecule has 7 heteroatoms. The Morgan fingerprint density at radius 1 is 1.21 bits per heavy atom. The number of carbonyl (C=O) groups is 1. The van der Waals surface area contributed by atoms with Crippen LogP contribution >= 0.6 is 22.7 Å². The zero-order valence-corrected chi connectivity index (χ0v) is 15.5. The summed E-state index contributed by atoms with van der Waals surface area (Å²) in [4.78, 5) is 27.1. The van der Waals surface area contributed by atoms with Crippen molar-refractivity contribution < 1.29 is 4.79 Å². The molecule has 0 aromatic carbocycles. The minimum Gasteiger partial charge on any atom is -0.345 e. The lowest BCUT2D eigenvalue weighted by Gasteiger charge is -2.34. The lowest BCUT2D eigenvalue weighted by molar-refractivity contribution is 0.0750. The fourth-order valence-corrected chi connectivity index (χ4v) is 5.48. The number of aromatic nitrogens is 2. The number of amides is 1. The van der Waals surface area contributed by atoms with Gasteiger partial charge in [0.2, 0.25) is 0 Å². The van der Waals surface area contributed by atoms with Crippen LogP contribution in [0.2, 0.25) is 0 Å². The number of anilines is 1. The van der Waals surface area contributed by atoms with Crippen LogP contribution in [0.5, 0.6) is 0 Å². The van der Waals surface area contributed by atoms with E-state index in [1.54, 1.807) is 22.7 Å². The summed E-state index contributed by atoms with van der Waals surface area (Å²) >= 11 is 3.29. The highest BCUT2D eigenvalue weighted by atomic mass is 32.1. The lowest BCUT2D eigenvalue weighted by atomic mass is 10.1. The van der Waals surface area contributed by atoms with Crippen molar-refractivity contribution in [3.63, 3.8) is 0 Å². The molecule has 0 radical (unpaired) electrons. The second-order valence-corrected chi connectivity index (χ2v) is 8.45. The minimum atomic E-state index is 0.160. The lowest BCUT2D eigenvalue weighted by Crippen LogP contribution is -2.48. The summed E-state index contributed by atoms with van der Waals surface area (Å²) in [6.45, 7) is 5.20. The second-order valence-electron chi connectivity index (χ2n) is 6.54. The van der Waals surface area contributed by atoms with Crippen molar-refractivity contribution in [2.24, 2.45) is 0 Å². The highest BCUT2D eigenvalue weighted by molar-refractivity contribution is 7.14. The van der Waals surface area contributed by atoms with E-state index >= 15 is 0 Å². The smallest absolute Gasteiger partial charge is 0.265 e. The predicted molar refractivity (Wildman–Crippen MR) is 98.3 cm³/mol. The Morgan fingerprint density at radius 3 is 2.62 bits per heavy atom. The van der Waals surface area contributed by atoms with Crippen LogP contribution in [0.25, 0.3) is 0 Å². The van der Waals surface area contributed by atoms with Gasteiger partial charge in [0.05, 0.1) is 10.7 Å². The molecule has 128 valence electrons. The molecular weight excluding hydrogens is 340 g/mol. The fourth-order valence-electron chi connectivity index (χ4n) is 3.58. The summed E-state index contributed by atoms with van der Waals surface area (Å²) in [5.41, 5.74) is 0.911. The number of aryl methyl sites for hydroxylation is 1. The SMILES string of the molecule is Cc1nc(C2CCCC2)sc1C(=O)N1CCN(c2nccs2)CC1. The average molecular weight is 363 g/mol. The zero-order chi connectivity index (χ0) is 16.5. The number of carbonyl (C=O) groups excluding carboxylic acids is 1. The van der Waals surface area contributed by atoms with Gasteiger partial charge in [-0.05, 0) is 19.8 Å². The van der Waals surface area contributed by atoms with Gasteiger partial charge in [-0.1, -0.05) is 12.8 Å². The van der Waals surface area contributed by atoms with Crippen molar-refractivity contribution in [1.29, 1.82) is 0 Å². The van der Waals surface area contributed by atoms with Gasteiger partial charge < -0.3 is 9.80 Å². The van der Waals surface area contributed by atoms with Crippen LogP contribution in [-0.4, -0.2) is 47.0 Å². The van der Waals surface area contributed by atoms with Gasteiger partial charge in [0.1, 0.15) is 4.88 Å². The Hall–Kier alpha value is -1.47. The van der Waals surface area contributed by atoms with Crippen molar-refractivity contribution in [3.8, 4) is 0 Å². The topological polar surface area (TPSA) is 49.3 Å². The Morgan fingerprint density at radius 2 is 1.96 bits per heavy atom. The summed E-state index contributed by atoms with van der Waals surface area (Å²) in [7, 11) is 0. The molecule has 1 saturated heterocycles. The number of thiazole rings is 2. The van der Waals surface area contributed by atoms with Crippen molar-refractivity contribution in [1.82, 2.24) is 14.9 Å². The van der Waals surface area contributed by atoms with Gasteiger partial charge in [0.25, 0.3) is 5.91 Å². The number of nitrogens with zero attached hydrogens (tertiary/aromatic N) is 4. The Kier molecular flexibility index (Phi) is 4.54. The van der Waals surface area contributed by atoms with E-state index in [9.17, 15) is 4.79 Å². The molecule has 2 aliphatic rings. The molecule has 0 spiro atoms. The largest absolute Gasteiger partial charge is 0.345 e. The maximum absolute atomic E-state index is 12.9. The van der Waals surface area contributed by atoms with Gasteiger partial charge in [-0.15, -0.1) is 22.7 Å². The van der Waals surface area contributed by atoms with Crippen molar-refractivity contribution in [2.75, 3.05) is 31.1 Å². The highest BCUT2D eigenvalue weighted by Crippen LogP contribution is 2.37. The second kappa shape index (κ2) is 6.80. The van der Waals surface area contributed by atoms with E-state index in [1.165, 1.54) is 30.7 Å². The van der Waals surface area contributed by atoms with Gasteiger partial charge in [-0.3, -0.25) is 4.79 Å². The van der Waals surface area contributed by atoms with Crippen molar-refractivity contribution in [3.05, 3.63) is 27.2 Å². The van der Waals surface area contributed by atoms with Gasteiger partial charge in [-0.2, -0.15) is 0 Å². The summed E-state index contributed by atoms with van der Waals surface area (Å²) in [6, 6.07) is 0. The van der Waals surface area contributed by atoms with Crippen LogP contribution in [0.3, 0.4) is 0 Å². The molecule has 24 heavy (non-hydrogen) atoms. The molecule has 2 aromatic rings. The van der Waals surface area contributed by atoms with E-state index in [4.69, 9.17) is 4.98 Å². The Labute approximate surface area is 150 Å². The first-order valence-electron chi connectivity index (χ1n) is 8.63. The van der Waals surface area contributed by atoms with Crippen LogP contribution in [0.1, 0.15) is 52.0 Å². The molecule has 0 atom stereocenters. The first kappa shape index (κ1) is 16.0. The molecule has 0 N–H and O–H groups in total. The van der Waals surface area contributed by atoms with Gasteiger partial charge in [0, 0.05) is 43.7 Å². The quantitative estimate of drug-likeness (QED) is 0.838. The van der Waals surface area contributed by atoms with E-state index in [0.29, 0.717) is 5.92 Å². The minimum absolute atomic E-state index is 0.160. The molecular formula is C17H22N4OS2. The monoisotopic (exact) mass is 362 g/mol. The van der Waals surface area contributed by atoms with E-state index < -0.39 is 0 Å². The molecule has 1 aliphatic heterocycles. The van der Waals surface area contributed by atoms with Crippen LogP contribution in [0.15, 0.2) is 11.6 Å². The normalized spacial score (nSPS) is 19.2. The predicted octanol–water partition coefficient (Wildman–Crippen LogP) is 3.53. The van der Waals surface area contributed by atoms with Crippen LogP contribution in [-0.2, 0) is 0 Å². The standard InChI is InChI=1S/C17H22N4OS2/c1-12-14(24-15(19-12)13-4-2-3-5-13)16(22)20-7-9-21(10-8-20)17-18-6-11-23-17/h6,11,13H,2-5,7-10H2,1H3. The molecule has 3 heterocycles. The van der Waals surface area contributed by atoms with Crippen LogP contribution in [0, 0.1) is 6.92 Å². The first-order chi connectivity index (χ1) is 11.7. The maximum Gasteiger partial charge on any atom is 0.265 e. The van der Waals surface area contributed by atoms with Gasteiger partial charge in [0.15, 0.2) is 5.13 Å². The average Bonchev–Trinajstić information content (AvgIpc) is 3.35. The summed E-state index contributed by atoms with van der Waals surface area (Å²) < 4.78 is 0. The number of hydrogen-bond donors (Lipinski definition) is 0. The third-order valence-corrected chi connectivity index (χ3v) is 7.11. The molecule has 1 saturated carbocycles. The van der Waals surface area contributed by atoms with Crippen LogP contribution < -0.4 is 4.90 Å². The van der Waals surface area contributed by atoms with E-state index in [-0.39, 0.29) is 5.91 Å². The zero-order valence-electron chi connectivity index (χ0n) is 13.9. The molecule has 2 fully saturated rings. The van der Waals surface area contributed by atoms with Crippen LogP contribution in [0.4, 0.5) is 5.13 Å². The Balaban J connectivity index is 1.43. The van der Waals surface area contributed by atoms with Gasteiger partial charge in [-0.25, -0.2) is 9.97 Å². The molecule has 0 unspecified atom stereocenters. The first-order valence-corrected chi connectivity index (χ1v) is 10.3. The molecule has 1 aliphatic carbocycles. The summed E-state index contributed by atoms with van der Waals surface area (Å²) in [5, 5.41) is 4.23. The van der Waals surface area contributed by atoms with Crippen molar-refractivity contribution >= 4 is 33.7 Å². The third kappa shape index (κ3) is 3.07. The maximum atomic E-state index is 12.9. The number of rotatable bonds is 3. The molecule has 1 amide bonds. The van der Waals surface area contributed by atoms with Crippen molar-refractivity contribution in [2.45, 2.75) is 38.5 Å². The van der Waals surface area contributed by atoms with E-state index in [0.717, 1.165) is 41.9 Å². The molecule has 0 bridgehead atoms. The Bertz CT molecular complexity index is 698. The van der Waals surface area contributed by atoms with Gasteiger partial charge >= 0.3 is 0 Å². The molecule has 4 rings (SSSR count). The molecule has 5 nitrogen and oxygen atoms in total. The van der Waals surface area contributed by atoms with E-state index in [1.807, 2.05) is 23.4 Å². The third-order valence-electron chi connectivity index (χ3n) is 4.97. The summed E-state index contributed by atoms with van der Waals surface area (Å²) in [6.07, 6.45) is 6.89. The summed E-state index contributed by atoms with van der Waals surface area (Å²) in [5.74, 6) is 0.741. The van der Waals surface area contributed by atoms with E-state index in [2.05, 4.69) is 9.88 Å².